The van der Waals surface area contributed by atoms with Crippen LogP contribution in [0.1, 0.15) is 38.2 Å². The summed E-state index contributed by atoms with van der Waals surface area (Å²) in [5, 5.41) is 4.19. The van der Waals surface area contributed by atoms with Crippen molar-refractivity contribution in [2.24, 2.45) is 4.99 Å². The lowest BCUT2D eigenvalue weighted by molar-refractivity contribution is -0.119. The summed E-state index contributed by atoms with van der Waals surface area (Å²) in [7, 11) is 1.86. The second-order valence-electron chi connectivity index (χ2n) is 6.92. The van der Waals surface area contributed by atoms with Crippen LogP contribution in [0, 0.1) is 0 Å². The molecule has 150 valence electrons. The van der Waals surface area contributed by atoms with Gasteiger partial charge in [-0.1, -0.05) is 19.1 Å². The molecular formula is C20H31IN4OS. The molecule has 1 aromatic carbocycles. The third kappa shape index (κ3) is 6.01. The topological polar surface area (TPSA) is 47.9 Å². The Morgan fingerprint density at radius 3 is 2.70 bits per heavy atom. The number of benzene rings is 1. The third-order valence-corrected chi connectivity index (χ3v) is 6.50. The number of hydrogen-bond donors (Lipinski definition) is 1. The lowest BCUT2D eigenvalue weighted by Crippen LogP contribution is -2.47. The first-order valence-corrected chi connectivity index (χ1v) is 10.7. The minimum atomic E-state index is 0. The number of rotatable bonds is 4. The zero-order valence-electron chi connectivity index (χ0n) is 16.3. The number of anilines is 1. The van der Waals surface area contributed by atoms with Crippen molar-refractivity contribution < 1.29 is 4.79 Å². The molecular weight excluding hydrogens is 471 g/mol. The van der Waals surface area contributed by atoms with E-state index in [0.29, 0.717) is 11.7 Å². The van der Waals surface area contributed by atoms with E-state index in [9.17, 15) is 4.79 Å². The van der Waals surface area contributed by atoms with Gasteiger partial charge in [-0.2, -0.15) is 11.8 Å². The second-order valence-corrected chi connectivity index (χ2v) is 8.33. The molecule has 0 saturated carbocycles. The monoisotopic (exact) mass is 502 g/mol. The zero-order valence-corrected chi connectivity index (χ0v) is 19.5. The number of nitrogens with zero attached hydrogens (tertiary/aromatic N) is 3. The number of nitrogens with one attached hydrogen (secondary N) is 1. The lowest BCUT2D eigenvalue weighted by Gasteiger charge is -2.34. The lowest BCUT2D eigenvalue weighted by atomic mass is 10.1. The van der Waals surface area contributed by atoms with Gasteiger partial charge in [0.25, 0.3) is 0 Å². The summed E-state index contributed by atoms with van der Waals surface area (Å²) < 4.78 is 0. The van der Waals surface area contributed by atoms with Gasteiger partial charge in [-0.3, -0.25) is 9.79 Å². The maximum atomic E-state index is 12.1. The molecule has 1 unspecified atom stereocenters. The quantitative estimate of drug-likeness (QED) is 0.388. The van der Waals surface area contributed by atoms with Gasteiger partial charge < -0.3 is 15.1 Å². The Kier molecular flexibility index (Phi) is 9.21. The Hall–Kier alpha value is -0.960. The number of carbonyl (C=O) groups excluding carboxylic acids is 1. The highest BCUT2D eigenvalue weighted by Gasteiger charge is 2.22. The second kappa shape index (κ2) is 11.1. The SMILES string of the molecule is CCC1CN(C(=NC)NCc2ccc(N3CCCCC3=O)cc2)CCS1.I. The summed E-state index contributed by atoms with van der Waals surface area (Å²) in [4.78, 5) is 20.8. The number of piperidine rings is 1. The van der Waals surface area contributed by atoms with Crippen LogP contribution in [0.2, 0.25) is 0 Å². The van der Waals surface area contributed by atoms with Crippen LogP contribution in [-0.4, -0.2) is 54.5 Å². The molecule has 7 heteroatoms. The molecule has 27 heavy (non-hydrogen) atoms. The van der Waals surface area contributed by atoms with Gasteiger partial charge in [0.05, 0.1) is 0 Å². The van der Waals surface area contributed by atoms with E-state index in [-0.39, 0.29) is 29.9 Å². The Morgan fingerprint density at radius 2 is 2.04 bits per heavy atom. The van der Waals surface area contributed by atoms with Crippen LogP contribution in [0.4, 0.5) is 5.69 Å². The van der Waals surface area contributed by atoms with Gasteiger partial charge >= 0.3 is 0 Å². The van der Waals surface area contributed by atoms with Crippen molar-refractivity contribution in [2.45, 2.75) is 44.4 Å². The fourth-order valence-electron chi connectivity index (χ4n) is 3.54. The molecule has 0 bridgehead atoms. The van der Waals surface area contributed by atoms with E-state index in [4.69, 9.17) is 0 Å². The van der Waals surface area contributed by atoms with Gasteiger partial charge in [0.1, 0.15) is 0 Å². The molecule has 2 aliphatic heterocycles. The number of aliphatic imine (C=N–C) groups is 1. The number of carbonyl (C=O) groups is 1. The van der Waals surface area contributed by atoms with Gasteiger partial charge in [-0.25, -0.2) is 0 Å². The van der Waals surface area contributed by atoms with Crippen LogP contribution in [-0.2, 0) is 11.3 Å². The first kappa shape index (κ1) is 22.3. The molecule has 2 heterocycles. The number of hydrogen-bond acceptors (Lipinski definition) is 3. The van der Waals surface area contributed by atoms with Crippen molar-refractivity contribution in [1.82, 2.24) is 10.2 Å². The van der Waals surface area contributed by atoms with Gasteiger partial charge in [0, 0.05) is 56.3 Å². The molecule has 2 fully saturated rings. The maximum absolute atomic E-state index is 12.1. The summed E-state index contributed by atoms with van der Waals surface area (Å²) in [6, 6.07) is 8.35. The molecule has 0 spiro atoms. The largest absolute Gasteiger partial charge is 0.352 e. The molecule has 0 aliphatic carbocycles. The van der Waals surface area contributed by atoms with Gasteiger partial charge in [0.2, 0.25) is 5.91 Å². The van der Waals surface area contributed by atoms with E-state index in [1.807, 2.05) is 11.9 Å². The smallest absolute Gasteiger partial charge is 0.226 e. The summed E-state index contributed by atoms with van der Waals surface area (Å²) in [6.45, 7) is 5.97. The number of thioether (sulfide) groups is 1. The molecule has 1 N–H and O–H groups in total. The van der Waals surface area contributed by atoms with E-state index >= 15 is 0 Å². The standard InChI is InChI=1S/C20H30N4OS.HI/c1-3-18-15-23(12-13-26-18)20(21-2)22-14-16-7-9-17(10-8-16)24-11-5-4-6-19(24)25;/h7-10,18H,3-6,11-15H2,1-2H3,(H,21,22);1H. The molecule has 0 radical (unpaired) electrons. The van der Waals surface area contributed by atoms with Gasteiger partial charge in [0.15, 0.2) is 5.96 Å². The van der Waals surface area contributed by atoms with Crippen molar-refractivity contribution in [3.05, 3.63) is 29.8 Å². The van der Waals surface area contributed by atoms with Crippen LogP contribution >= 0.6 is 35.7 Å². The van der Waals surface area contributed by atoms with E-state index in [0.717, 1.165) is 56.4 Å². The van der Waals surface area contributed by atoms with Crippen molar-refractivity contribution in [3.8, 4) is 0 Å². The van der Waals surface area contributed by atoms with E-state index in [1.165, 1.54) is 12.0 Å². The number of guanidine groups is 1. The minimum absolute atomic E-state index is 0. The normalized spacial score (nSPS) is 21.0. The Balaban J connectivity index is 0.00000261. The fourth-order valence-corrected chi connectivity index (χ4v) is 4.72. The maximum Gasteiger partial charge on any atom is 0.226 e. The van der Waals surface area contributed by atoms with Crippen molar-refractivity contribution in [3.63, 3.8) is 0 Å². The average molecular weight is 502 g/mol. The van der Waals surface area contributed by atoms with Crippen molar-refractivity contribution in [2.75, 3.05) is 37.3 Å². The van der Waals surface area contributed by atoms with Crippen LogP contribution in [0.25, 0.3) is 0 Å². The van der Waals surface area contributed by atoms with Crippen LogP contribution < -0.4 is 10.2 Å². The summed E-state index contributed by atoms with van der Waals surface area (Å²) in [5.41, 5.74) is 2.22. The third-order valence-electron chi connectivity index (χ3n) is 5.13. The van der Waals surface area contributed by atoms with E-state index < -0.39 is 0 Å². The Bertz CT molecular complexity index is 637. The number of amides is 1. The average Bonchev–Trinajstić information content (AvgIpc) is 2.69. The zero-order chi connectivity index (χ0) is 18.4. The van der Waals surface area contributed by atoms with Crippen LogP contribution in [0.15, 0.2) is 29.3 Å². The molecule has 3 rings (SSSR count). The minimum Gasteiger partial charge on any atom is -0.352 e. The highest BCUT2D eigenvalue weighted by Crippen LogP contribution is 2.22. The summed E-state index contributed by atoms with van der Waals surface area (Å²) in [6.07, 6.45) is 3.99. The molecule has 1 amide bonds. The Labute approximate surface area is 184 Å². The molecule has 5 nitrogen and oxygen atoms in total. The van der Waals surface area contributed by atoms with E-state index in [2.05, 4.69) is 58.2 Å². The molecule has 0 aromatic heterocycles. The Morgan fingerprint density at radius 1 is 1.26 bits per heavy atom. The predicted molar refractivity (Wildman–Crippen MR) is 126 cm³/mol. The van der Waals surface area contributed by atoms with Gasteiger partial charge in [-0.05, 0) is 37.0 Å². The molecule has 1 aromatic rings. The van der Waals surface area contributed by atoms with Crippen molar-refractivity contribution >= 4 is 53.3 Å². The van der Waals surface area contributed by atoms with E-state index in [1.54, 1.807) is 0 Å². The summed E-state index contributed by atoms with van der Waals surface area (Å²) in [5.74, 6) is 2.40. The van der Waals surface area contributed by atoms with Crippen LogP contribution in [0.5, 0.6) is 0 Å². The first-order chi connectivity index (χ1) is 12.7. The predicted octanol–water partition coefficient (Wildman–Crippen LogP) is 3.72. The van der Waals surface area contributed by atoms with Gasteiger partial charge in [-0.15, -0.1) is 24.0 Å². The number of halogens is 1. The first-order valence-electron chi connectivity index (χ1n) is 9.67. The highest BCUT2D eigenvalue weighted by atomic mass is 127. The molecule has 2 aliphatic rings. The van der Waals surface area contributed by atoms with Crippen LogP contribution in [0.3, 0.4) is 0 Å². The fraction of sp³-hybridized carbons (Fsp3) is 0.600. The summed E-state index contributed by atoms with van der Waals surface area (Å²) >= 11 is 2.07. The highest BCUT2D eigenvalue weighted by molar-refractivity contribution is 14.0. The molecule has 2 saturated heterocycles. The van der Waals surface area contributed by atoms with Crippen molar-refractivity contribution in [1.29, 1.82) is 0 Å². The molecule has 1 atom stereocenters.